The summed E-state index contributed by atoms with van der Waals surface area (Å²) in [4.78, 5) is 30.7. The number of hydrogen-bond donors (Lipinski definition) is 0. The molecule has 0 radical (unpaired) electrons. The van der Waals surface area contributed by atoms with Crippen molar-refractivity contribution < 1.29 is 9.53 Å². The van der Waals surface area contributed by atoms with Crippen molar-refractivity contribution in [2.45, 2.75) is 13.0 Å². The number of hydrogen-bond acceptors (Lipinski definition) is 5. The summed E-state index contributed by atoms with van der Waals surface area (Å²) in [5, 5.41) is 5.90. The van der Waals surface area contributed by atoms with Crippen LogP contribution in [-0.4, -0.2) is 58.4 Å². The van der Waals surface area contributed by atoms with E-state index in [1.54, 1.807) is 20.4 Å². The number of anilines is 1. The fourth-order valence-corrected chi connectivity index (χ4v) is 4.74. The lowest BCUT2D eigenvalue weighted by Crippen LogP contribution is -2.50. The first-order valence-corrected chi connectivity index (χ1v) is 11.1. The normalized spacial score (nSPS) is 15.2. The van der Waals surface area contributed by atoms with Crippen LogP contribution in [0.1, 0.15) is 13.0 Å². The van der Waals surface area contributed by atoms with E-state index in [4.69, 9.17) is 4.74 Å². The Bertz CT molecular complexity index is 1380. The van der Waals surface area contributed by atoms with E-state index < -0.39 is 6.04 Å². The number of carbonyl (C=O) groups excluding carboxylic acids is 1. The first-order chi connectivity index (χ1) is 16.0. The average molecular weight is 446 g/mol. The Hall–Kier alpha value is -3.81. The molecule has 2 aromatic heterocycles. The maximum atomic E-state index is 13.6. The molecule has 8 heteroatoms. The Morgan fingerprint density at radius 2 is 1.70 bits per heavy atom. The van der Waals surface area contributed by atoms with Crippen molar-refractivity contribution in [1.29, 1.82) is 0 Å². The van der Waals surface area contributed by atoms with Crippen molar-refractivity contribution in [3.05, 3.63) is 65.1 Å². The van der Waals surface area contributed by atoms with Gasteiger partial charge in [-0.25, -0.2) is 4.68 Å². The maximum Gasteiger partial charge on any atom is 0.291 e. The first-order valence-electron chi connectivity index (χ1n) is 11.1. The third-order valence-corrected chi connectivity index (χ3v) is 6.58. The molecule has 8 nitrogen and oxygen atoms in total. The number of nitrogens with zero attached hydrogens (tertiary/aromatic N) is 5. The second-order valence-corrected chi connectivity index (χ2v) is 8.41. The number of amides is 1. The van der Waals surface area contributed by atoms with E-state index in [0.717, 1.165) is 40.8 Å². The van der Waals surface area contributed by atoms with Gasteiger partial charge in [0.2, 0.25) is 5.91 Å². The van der Waals surface area contributed by atoms with Crippen LogP contribution in [0.5, 0.6) is 5.75 Å². The largest absolute Gasteiger partial charge is 0.497 e. The first kappa shape index (κ1) is 21.1. The van der Waals surface area contributed by atoms with Crippen molar-refractivity contribution >= 4 is 33.4 Å². The van der Waals surface area contributed by atoms with Gasteiger partial charge in [-0.2, -0.15) is 5.10 Å². The molecule has 1 unspecified atom stereocenters. The molecule has 1 saturated heterocycles. The fraction of sp³-hybridized carbons (Fsp3) is 0.320. The molecule has 1 amide bonds. The smallest absolute Gasteiger partial charge is 0.291 e. The van der Waals surface area contributed by atoms with E-state index in [1.165, 1.54) is 4.68 Å². The van der Waals surface area contributed by atoms with E-state index in [0.29, 0.717) is 18.6 Å². The van der Waals surface area contributed by atoms with Crippen LogP contribution < -0.4 is 15.2 Å². The Balaban J connectivity index is 1.42. The highest BCUT2D eigenvalue weighted by Gasteiger charge is 2.29. The number of ether oxygens (including phenoxy) is 1. The molecule has 0 N–H and O–H groups in total. The van der Waals surface area contributed by atoms with Crippen LogP contribution in [0.4, 0.5) is 5.69 Å². The number of piperazine rings is 1. The number of aromatic nitrogens is 3. The lowest BCUT2D eigenvalue weighted by molar-refractivity contribution is -0.134. The molecule has 0 bridgehead atoms. The molecular formula is C25H27N5O3. The summed E-state index contributed by atoms with van der Waals surface area (Å²) in [7, 11) is 3.29. The Kier molecular flexibility index (Phi) is 5.28. The minimum atomic E-state index is -0.505. The minimum Gasteiger partial charge on any atom is -0.497 e. The quantitative estimate of drug-likeness (QED) is 0.483. The van der Waals surface area contributed by atoms with Crippen molar-refractivity contribution in [3.63, 3.8) is 0 Å². The number of fused-ring (bicyclic) bond motifs is 3. The molecule has 0 spiro atoms. The highest BCUT2D eigenvalue weighted by Crippen LogP contribution is 2.30. The third-order valence-electron chi connectivity index (χ3n) is 6.58. The SMILES string of the molecule is COc1ccc(N2CCN(C(=O)C(C)n3c4ccccc4c4cnn(C)c(=O)c43)CC2)cc1. The molecule has 4 aromatic rings. The molecule has 2 aromatic carbocycles. The van der Waals surface area contributed by atoms with Gasteiger partial charge in [0, 0.05) is 49.7 Å². The van der Waals surface area contributed by atoms with Crippen molar-refractivity contribution in [1.82, 2.24) is 19.2 Å². The zero-order valence-corrected chi connectivity index (χ0v) is 19.1. The molecule has 1 aliphatic heterocycles. The Morgan fingerprint density at radius 3 is 2.39 bits per heavy atom. The van der Waals surface area contributed by atoms with Crippen LogP contribution in [0.2, 0.25) is 0 Å². The summed E-state index contributed by atoms with van der Waals surface area (Å²) in [6, 6.07) is 15.3. The monoisotopic (exact) mass is 445 g/mol. The number of benzene rings is 2. The summed E-state index contributed by atoms with van der Waals surface area (Å²) < 4.78 is 8.45. The van der Waals surface area contributed by atoms with Crippen LogP contribution in [0.15, 0.2) is 59.5 Å². The molecule has 170 valence electrons. The van der Waals surface area contributed by atoms with Crippen molar-refractivity contribution in [2.24, 2.45) is 7.05 Å². The van der Waals surface area contributed by atoms with Crippen LogP contribution >= 0.6 is 0 Å². The maximum absolute atomic E-state index is 13.6. The van der Waals surface area contributed by atoms with E-state index in [9.17, 15) is 9.59 Å². The summed E-state index contributed by atoms with van der Waals surface area (Å²) >= 11 is 0. The van der Waals surface area contributed by atoms with Crippen molar-refractivity contribution in [3.8, 4) is 5.75 Å². The molecule has 5 rings (SSSR count). The number of carbonyl (C=O) groups is 1. The summed E-state index contributed by atoms with van der Waals surface area (Å²) in [5.41, 5.74) is 2.31. The third kappa shape index (κ3) is 3.51. The van der Waals surface area contributed by atoms with E-state index >= 15 is 0 Å². The average Bonchev–Trinajstić information content (AvgIpc) is 3.20. The van der Waals surface area contributed by atoms with Crippen LogP contribution in [0, 0.1) is 0 Å². The van der Waals surface area contributed by atoms with Gasteiger partial charge in [0.1, 0.15) is 17.3 Å². The molecule has 0 saturated carbocycles. The second-order valence-electron chi connectivity index (χ2n) is 8.41. The second kappa shape index (κ2) is 8.27. The molecule has 1 fully saturated rings. The molecular weight excluding hydrogens is 418 g/mol. The molecule has 1 aliphatic rings. The van der Waals surface area contributed by atoms with Crippen LogP contribution in [0.3, 0.4) is 0 Å². The predicted molar refractivity (Wildman–Crippen MR) is 129 cm³/mol. The Morgan fingerprint density at radius 1 is 1.00 bits per heavy atom. The van der Waals surface area contributed by atoms with Crippen LogP contribution in [-0.2, 0) is 11.8 Å². The Labute approximate surface area is 191 Å². The minimum absolute atomic E-state index is 0.0194. The highest BCUT2D eigenvalue weighted by molar-refractivity contribution is 6.08. The number of aryl methyl sites for hydroxylation is 1. The number of para-hydroxylation sites is 1. The van der Waals surface area contributed by atoms with Gasteiger partial charge < -0.3 is 19.1 Å². The van der Waals surface area contributed by atoms with Gasteiger partial charge in [-0.1, -0.05) is 18.2 Å². The topological polar surface area (TPSA) is 72.6 Å². The van der Waals surface area contributed by atoms with E-state index in [2.05, 4.69) is 10.00 Å². The molecule has 1 atom stereocenters. The zero-order valence-electron chi connectivity index (χ0n) is 19.1. The van der Waals surface area contributed by atoms with E-state index in [-0.39, 0.29) is 11.5 Å². The van der Waals surface area contributed by atoms with Gasteiger partial charge in [-0.05, 0) is 37.3 Å². The van der Waals surface area contributed by atoms with Gasteiger partial charge in [0.25, 0.3) is 5.56 Å². The summed E-state index contributed by atoms with van der Waals surface area (Å²) in [5.74, 6) is 0.847. The lowest BCUT2D eigenvalue weighted by Gasteiger charge is -2.37. The number of methoxy groups -OCH3 is 1. The molecule has 33 heavy (non-hydrogen) atoms. The highest BCUT2D eigenvalue weighted by atomic mass is 16.5. The molecule has 3 heterocycles. The summed E-state index contributed by atoms with van der Waals surface area (Å²) in [6.45, 7) is 4.65. The predicted octanol–water partition coefficient (Wildman–Crippen LogP) is 2.81. The van der Waals surface area contributed by atoms with Gasteiger partial charge in [-0.15, -0.1) is 0 Å². The zero-order chi connectivity index (χ0) is 23.1. The van der Waals surface area contributed by atoms with Crippen molar-refractivity contribution in [2.75, 3.05) is 38.2 Å². The van der Waals surface area contributed by atoms with E-state index in [1.807, 2.05) is 64.9 Å². The summed E-state index contributed by atoms with van der Waals surface area (Å²) in [6.07, 6.45) is 1.71. The lowest BCUT2D eigenvalue weighted by atomic mass is 10.2. The van der Waals surface area contributed by atoms with Gasteiger partial charge in [0.05, 0.1) is 18.8 Å². The number of rotatable bonds is 4. The molecule has 0 aliphatic carbocycles. The van der Waals surface area contributed by atoms with Gasteiger partial charge in [-0.3, -0.25) is 9.59 Å². The van der Waals surface area contributed by atoms with Crippen LogP contribution in [0.25, 0.3) is 21.8 Å². The fourth-order valence-electron chi connectivity index (χ4n) is 4.74. The van der Waals surface area contributed by atoms with Gasteiger partial charge in [0.15, 0.2) is 0 Å². The standard InChI is InChI=1S/C25H27N5O3/c1-17(24(31)29-14-12-28(13-15-29)18-8-10-19(33-3)11-9-18)30-22-7-5-4-6-20(22)21-16-26-27(2)25(32)23(21)30/h4-11,16-17H,12-15H2,1-3H3. The van der Waals surface area contributed by atoms with Gasteiger partial charge >= 0.3 is 0 Å².